The molecule has 0 bridgehead atoms. The Kier molecular flexibility index (Phi) is 4.81. The molecule has 4 heteroatoms. The molecule has 2 aromatic heterocycles. The molecule has 3 aromatic rings. The zero-order valence-corrected chi connectivity index (χ0v) is 14.7. The summed E-state index contributed by atoms with van der Waals surface area (Å²) in [5, 5.41) is 1.29. The Hall–Kier alpha value is -2.17. The molecular formula is C21H25N3O. The van der Waals surface area contributed by atoms with Crippen molar-refractivity contribution in [1.29, 1.82) is 0 Å². The van der Waals surface area contributed by atoms with Gasteiger partial charge in [0.1, 0.15) is 0 Å². The minimum atomic E-state index is 0.525. The van der Waals surface area contributed by atoms with E-state index in [1.165, 1.54) is 22.0 Å². The van der Waals surface area contributed by atoms with E-state index in [2.05, 4.69) is 51.3 Å². The van der Waals surface area contributed by atoms with Crippen molar-refractivity contribution >= 4 is 10.9 Å². The highest BCUT2D eigenvalue weighted by molar-refractivity contribution is 5.79. The Morgan fingerprint density at radius 3 is 3.00 bits per heavy atom. The van der Waals surface area contributed by atoms with Crippen LogP contribution in [0, 0.1) is 12.8 Å². The van der Waals surface area contributed by atoms with Crippen molar-refractivity contribution in [2.75, 3.05) is 26.3 Å². The minimum absolute atomic E-state index is 0.525. The van der Waals surface area contributed by atoms with Gasteiger partial charge in [0.15, 0.2) is 0 Å². The van der Waals surface area contributed by atoms with Crippen LogP contribution in [0.3, 0.4) is 0 Å². The average Bonchev–Trinajstić information content (AvgIpc) is 2.97. The van der Waals surface area contributed by atoms with Gasteiger partial charge in [-0.1, -0.05) is 12.1 Å². The molecular weight excluding hydrogens is 310 g/mol. The Balaban J connectivity index is 1.42. The van der Waals surface area contributed by atoms with Crippen LogP contribution >= 0.6 is 0 Å². The number of aromatic amines is 1. The molecule has 1 aliphatic heterocycles. The SMILES string of the molecule is Cc1ccc(CN2CCOC[C@@H](Cc3ccc4[nH]ccc4c3)C2)cn1. The summed E-state index contributed by atoms with van der Waals surface area (Å²) in [5.41, 5.74) is 4.94. The first-order chi connectivity index (χ1) is 12.3. The predicted molar refractivity (Wildman–Crippen MR) is 101 cm³/mol. The lowest BCUT2D eigenvalue weighted by molar-refractivity contribution is 0.121. The van der Waals surface area contributed by atoms with Crippen LogP contribution in [0.5, 0.6) is 0 Å². The lowest BCUT2D eigenvalue weighted by atomic mass is 9.98. The van der Waals surface area contributed by atoms with E-state index in [-0.39, 0.29) is 0 Å². The molecule has 0 aliphatic carbocycles. The molecule has 0 radical (unpaired) electrons. The van der Waals surface area contributed by atoms with Gasteiger partial charge in [-0.25, -0.2) is 0 Å². The average molecular weight is 335 g/mol. The third-order valence-electron chi connectivity index (χ3n) is 4.94. The van der Waals surface area contributed by atoms with Crippen LogP contribution in [0.1, 0.15) is 16.8 Å². The summed E-state index contributed by atoms with van der Waals surface area (Å²) in [5.74, 6) is 0.525. The number of ether oxygens (including phenoxy) is 1. The van der Waals surface area contributed by atoms with Crippen molar-refractivity contribution in [3.63, 3.8) is 0 Å². The molecule has 0 amide bonds. The van der Waals surface area contributed by atoms with E-state index in [4.69, 9.17) is 4.74 Å². The topological polar surface area (TPSA) is 41.1 Å². The summed E-state index contributed by atoms with van der Waals surface area (Å²) in [6, 6.07) is 13.1. The third-order valence-corrected chi connectivity index (χ3v) is 4.94. The van der Waals surface area contributed by atoms with Gasteiger partial charge in [-0.05, 0) is 60.0 Å². The molecule has 25 heavy (non-hydrogen) atoms. The Labute approximate surface area is 148 Å². The third kappa shape index (κ3) is 4.09. The van der Waals surface area contributed by atoms with Crippen LogP contribution in [-0.4, -0.2) is 41.2 Å². The fraction of sp³-hybridized carbons (Fsp3) is 0.381. The highest BCUT2D eigenvalue weighted by Gasteiger charge is 2.19. The van der Waals surface area contributed by atoms with Crippen LogP contribution in [0.25, 0.3) is 10.9 Å². The van der Waals surface area contributed by atoms with E-state index in [9.17, 15) is 0 Å². The molecule has 1 atom stereocenters. The van der Waals surface area contributed by atoms with Gasteiger partial charge in [-0.15, -0.1) is 0 Å². The number of nitrogens with one attached hydrogen (secondary N) is 1. The summed E-state index contributed by atoms with van der Waals surface area (Å²) in [6.45, 7) is 6.69. The van der Waals surface area contributed by atoms with E-state index in [1.807, 2.05) is 19.3 Å². The second-order valence-corrected chi connectivity index (χ2v) is 7.09. The number of aryl methyl sites for hydroxylation is 1. The lowest BCUT2D eigenvalue weighted by Gasteiger charge is -2.23. The Bertz CT molecular complexity index is 825. The second-order valence-electron chi connectivity index (χ2n) is 7.09. The van der Waals surface area contributed by atoms with Crippen LogP contribution in [0.15, 0.2) is 48.8 Å². The van der Waals surface area contributed by atoms with Crippen LogP contribution in [0.4, 0.5) is 0 Å². The molecule has 4 rings (SSSR count). The Morgan fingerprint density at radius 2 is 2.12 bits per heavy atom. The number of fused-ring (bicyclic) bond motifs is 1. The van der Waals surface area contributed by atoms with Gasteiger partial charge in [0.05, 0.1) is 13.2 Å². The largest absolute Gasteiger partial charge is 0.380 e. The quantitative estimate of drug-likeness (QED) is 0.792. The zero-order chi connectivity index (χ0) is 17.1. The van der Waals surface area contributed by atoms with Gasteiger partial charge in [-0.2, -0.15) is 0 Å². The summed E-state index contributed by atoms with van der Waals surface area (Å²) in [7, 11) is 0. The molecule has 130 valence electrons. The molecule has 0 saturated carbocycles. The molecule has 1 aliphatic rings. The van der Waals surface area contributed by atoms with Crippen molar-refractivity contribution in [1.82, 2.24) is 14.9 Å². The molecule has 0 unspecified atom stereocenters. The summed E-state index contributed by atoms with van der Waals surface area (Å²) >= 11 is 0. The normalized spacial score (nSPS) is 19.2. The smallest absolute Gasteiger partial charge is 0.0593 e. The van der Waals surface area contributed by atoms with Crippen molar-refractivity contribution in [2.45, 2.75) is 19.9 Å². The first-order valence-corrected chi connectivity index (χ1v) is 9.04. The number of hydrogen-bond donors (Lipinski definition) is 1. The number of benzene rings is 1. The maximum Gasteiger partial charge on any atom is 0.0593 e. The number of rotatable bonds is 4. The highest BCUT2D eigenvalue weighted by Crippen LogP contribution is 2.19. The second kappa shape index (κ2) is 7.38. The number of nitrogens with zero attached hydrogens (tertiary/aromatic N) is 2. The maximum atomic E-state index is 5.88. The number of pyridine rings is 1. The van der Waals surface area contributed by atoms with Crippen LogP contribution in [-0.2, 0) is 17.7 Å². The van der Waals surface area contributed by atoms with Crippen molar-refractivity contribution in [3.8, 4) is 0 Å². The number of aromatic nitrogens is 2. The predicted octanol–water partition coefficient (Wildman–Crippen LogP) is 3.56. The van der Waals surface area contributed by atoms with Gasteiger partial charge in [0.2, 0.25) is 0 Å². The first-order valence-electron chi connectivity index (χ1n) is 9.04. The van der Waals surface area contributed by atoms with E-state index >= 15 is 0 Å². The molecule has 1 N–H and O–H groups in total. The van der Waals surface area contributed by atoms with E-state index in [1.54, 1.807) is 0 Å². The van der Waals surface area contributed by atoms with Gasteiger partial charge in [-0.3, -0.25) is 9.88 Å². The number of H-pyrrole nitrogens is 1. The number of hydrogen-bond acceptors (Lipinski definition) is 3. The molecule has 1 fully saturated rings. The fourth-order valence-electron chi connectivity index (χ4n) is 3.63. The van der Waals surface area contributed by atoms with Gasteiger partial charge < -0.3 is 9.72 Å². The first kappa shape index (κ1) is 16.3. The molecule has 0 spiro atoms. The van der Waals surface area contributed by atoms with Crippen molar-refractivity contribution < 1.29 is 4.74 Å². The van der Waals surface area contributed by atoms with E-state index < -0.39 is 0 Å². The monoisotopic (exact) mass is 335 g/mol. The summed E-state index contributed by atoms with van der Waals surface area (Å²) < 4.78 is 5.88. The minimum Gasteiger partial charge on any atom is -0.380 e. The molecule has 4 nitrogen and oxygen atoms in total. The molecule has 3 heterocycles. The van der Waals surface area contributed by atoms with Crippen molar-refractivity contribution in [3.05, 3.63) is 65.6 Å². The van der Waals surface area contributed by atoms with Crippen LogP contribution < -0.4 is 0 Å². The molecule has 1 saturated heterocycles. The summed E-state index contributed by atoms with van der Waals surface area (Å²) in [6.07, 6.45) is 5.06. The zero-order valence-electron chi connectivity index (χ0n) is 14.7. The summed E-state index contributed by atoms with van der Waals surface area (Å²) in [4.78, 5) is 10.2. The van der Waals surface area contributed by atoms with E-state index in [0.29, 0.717) is 5.92 Å². The highest BCUT2D eigenvalue weighted by atomic mass is 16.5. The fourth-order valence-corrected chi connectivity index (χ4v) is 3.63. The van der Waals surface area contributed by atoms with Crippen molar-refractivity contribution in [2.24, 2.45) is 5.92 Å². The molecule has 1 aromatic carbocycles. The Morgan fingerprint density at radius 1 is 1.20 bits per heavy atom. The maximum absolute atomic E-state index is 5.88. The standard InChI is InChI=1S/C21H25N3O/c1-16-2-3-18(12-23-16)13-24-8-9-25-15-19(14-24)10-17-4-5-21-20(11-17)6-7-22-21/h2-7,11-12,19,22H,8-10,13-15H2,1H3/t19-/m0/s1. The lowest BCUT2D eigenvalue weighted by Crippen LogP contribution is -2.30. The van der Waals surface area contributed by atoms with Crippen LogP contribution in [0.2, 0.25) is 0 Å². The van der Waals surface area contributed by atoms with Gasteiger partial charge >= 0.3 is 0 Å². The van der Waals surface area contributed by atoms with Gasteiger partial charge in [0.25, 0.3) is 0 Å². The van der Waals surface area contributed by atoms with Gasteiger partial charge in [0, 0.05) is 43.2 Å². The van der Waals surface area contributed by atoms with E-state index in [0.717, 1.165) is 45.0 Å².